The summed E-state index contributed by atoms with van der Waals surface area (Å²) >= 11 is 0. The van der Waals surface area contributed by atoms with Gasteiger partial charge in [-0.15, -0.1) is 0 Å². The maximum absolute atomic E-state index is 13.0. The number of benzene rings is 1. The lowest BCUT2D eigenvalue weighted by molar-refractivity contribution is -0.197. The number of rotatable bonds is 3. The molecule has 4 nitrogen and oxygen atoms in total. The molecule has 6 rings (SSSR count). The van der Waals surface area contributed by atoms with E-state index in [1.165, 1.54) is 69.6 Å². The number of phenols is 2. The molecule has 0 aliphatic heterocycles. The molecule has 8 atom stereocenters. The van der Waals surface area contributed by atoms with E-state index >= 15 is 0 Å². The Balaban J connectivity index is 1.22. The Morgan fingerprint density at radius 1 is 0.814 bits per heavy atom. The van der Waals surface area contributed by atoms with Gasteiger partial charge >= 0.3 is 5.97 Å². The minimum atomic E-state index is -0.339. The molecule has 0 heterocycles. The van der Waals surface area contributed by atoms with E-state index in [4.69, 9.17) is 4.74 Å². The summed E-state index contributed by atoms with van der Waals surface area (Å²) < 4.78 is 6.18. The monoisotopic (exact) mass is 588 g/mol. The normalized spacial score (nSPS) is 43.0. The molecule has 43 heavy (non-hydrogen) atoms. The molecule has 0 aromatic heterocycles. The number of carbonyl (C=O) groups excluding carboxylic acids is 1. The van der Waals surface area contributed by atoms with Crippen LogP contribution in [0.3, 0.4) is 0 Å². The molecule has 5 aliphatic rings. The van der Waals surface area contributed by atoms with Crippen LogP contribution in [-0.4, -0.2) is 22.3 Å². The van der Waals surface area contributed by atoms with E-state index in [1.54, 1.807) is 12.1 Å². The van der Waals surface area contributed by atoms with Crippen LogP contribution in [0.25, 0.3) is 6.08 Å². The lowest BCUT2D eigenvalue weighted by atomic mass is 9.34. The summed E-state index contributed by atoms with van der Waals surface area (Å²) in [6.45, 7) is 20.2. The molecule has 0 radical (unpaired) electrons. The molecule has 4 heteroatoms. The maximum Gasteiger partial charge on any atom is 0.331 e. The molecule has 5 aliphatic carbocycles. The quantitative estimate of drug-likeness (QED) is 0.160. The zero-order valence-electron chi connectivity index (χ0n) is 28.1. The van der Waals surface area contributed by atoms with Crippen LogP contribution in [0.2, 0.25) is 0 Å². The van der Waals surface area contributed by atoms with Crippen molar-refractivity contribution in [2.75, 3.05) is 0 Å². The minimum Gasteiger partial charge on any atom is -0.504 e. The van der Waals surface area contributed by atoms with Crippen molar-refractivity contribution in [1.29, 1.82) is 0 Å². The van der Waals surface area contributed by atoms with Crippen molar-refractivity contribution in [1.82, 2.24) is 0 Å². The topological polar surface area (TPSA) is 66.8 Å². The first-order valence-corrected chi connectivity index (χ1v) is 17.1. The van der Waals surface area contributed by atoms with Crippen molar-refractivity contribution < 1.29 is 19.7 Å². The summed E-state index contributed by atoms with van der Waals surface area (Å²) in [5, 5.41) is 19.4. The molecule has 0 saturated heterocycles. The molecule has 4 fully saturated rings. The molecule has 0 amide bonds. The number of aromatic hydroxyl groups is 2. The Hall–Kier alpha value is -2.23. The first kappa shape index (κ1) is 30.8. The lowest BCUT2D eigenvalue weighted by Crippen LogP contribution is -2.63. The van der Waals surface area contributed by atoms with Gasteiger partial charge in [0, 0.05) is 11.5 Å². The predicted octanol–water partition coefficient (Wildman–Crippen LogP) is 9.84. The van der Waals surface area contributed by atoms with Crippen LogP contribution in [0.5, 0.6) is 11.5 Å². The summed E-state index contributed by atoms with van der Waals surface area (Å²) in [5.41, 5.74) is 4.02. The van der Waals surface area contributed by atoms with Crippen molar-refractivity contribution >= 4 is 12.0 Å². The number of ether oxygens (including phenoxy) is 1. The highest BCUT2D eigenvalue weighted by molar-refractivity contribution is 5.87. The standard InChI is InChI=1S/C39H56O4/c1-34(2)21-22-36(5)17-13-29-38(7)18-14-28-35(3,4)32(43-33(42)12-10-25-9-11-26(40)27(41)23-25)16-20-37(28,6)30(38)15-19-39(29,8)31(36)24-34/h9-13,23,28,30-32,40-41H,14-22,24H2,1-8H3. The smallest absolute Gasteiger partial charge is 0.331 e. The van der Waals surface area contributed by atoms with Gasteiger partial charge in [0.2, 0.25) is 0 Å². The summed E-state index contributed by atoms with van der Waals surface area (Å²) in [6.07, 6.45) is 18.1. The molecule has 4 saturated carbocycles. The number of carbonyl (C=O) groups is 1. The molecular weight excluding hydrogens is 532 g/mol. The highest BCUT2D eigenvalue weighted by Gasteiger charge is 2.67. The van der Waals surface area contributed by atoms with E-state index in [1.807, 2.05) is 5.57 Å². The molecule has 0 bridgehead atoms. The van der Waals surface area contributed by atoms with E-state index in [2.05, 4.69) is 61.5 Å². The Morgan fingerprint density at radius 2 is 1.49 bits per heavy atom. The van der Waals surface area contributed by atoms with Gasteiger partial charge in [-0.25, -0.2) is 4.79 Å². The highest BCUT2D eigenvalue weighted by Crippen LogP contribution is 2.75. The number of hydrogen-bond acceptors (Lipinski definition) is 4. The molecule has 0 spiro atoms. The van der Waals surface area contributed by atoms with Gasteiger partial charge in [0.05, 0.1) is 0 Å². The van der Waals surface area contributed by atoms with Crippen molar-refractivity contribution in [2.45, 2.75) is 126 Å². The van der Waals surface area contributed by atoms with Gasteiger partial charge in [0.1, 0.15) is 6.10 Å². The fourth-order valence-electron chi connectivity index (χ4n) is 12.0. The van der Waals surface area contributed by atoms with Gasteiger partial charge in [-0.3, -0.25) is 0 Å². The lowest BCUT2D eigenvalue weighted by Gasteiger charge is -2.70. The zero-order valence-corrected chi connectivity index (χ0v) is 28.1. The highest BCUT2D eigenvalue weighted by atomic mass is 16.5. The maximum atomic E-state index is 13.0. The first-order valence-electron chi connectivity index (χ1n) is 17.1. The van der Waals surface area contributed by atoms with Crippen LogP contribution >= 0.6 is 0 Å². The van der Waals surface area contributed by atoms with E-state index in [-0.39, 0.29) is 39.8 Å². The Bertz CT molecular complexity index is 1350. The van der Waals surface area contributed by atoms with Crippen LogP contribution in [0.4, 0.5) is 0 Å². The van der Waals surface area contributed by atoms with Gasteiger partial charge in [-0.2, -0.15) is 0 Å². The SMILES string of the molecule is CC1(C)CCC2(C)CC=C3C(C)(CCC4C3(C)CCC3C(C)(C)C(OC(=O)C=Cc5ccc(O)c(O)c5)CCC43C)C2C1. The second kappa shape index (κ2) is 9.88. The Kier molecular flexibility index (Phi) is 7.08. The van der Waals surface area contributed by atoms with Crippen LogP contribution in [-0.2, 0) is 9.53 Å². The van der Waals surface area contributed by atoms with Crippen LogP contribution < -0.4 is 0 Å². The third-order valence-electron chi connectivity index (χ3n) is 14.4. The molecular formula is C39H56O4. The molecule has 8 unspecified atom stereocenters. The van der Waals surface area contributed by atoms with Gasteiger partial charge in [-0.05, 0) is 133 Å². The van der Waals surface area contributed by atoms with Crippen molar-refractivity contribution in [3.63, 3.8) is 0 Å². The molecule has 1 aromatic rings. The van der Waals surface area contributed by atoms with Crippen molar-refractivity contribution in [3.05, 3.63) is 41.5 Å². The van der Waals surface area contributed by atoms with Crippen LogP contribution in [0.15, 0.2) is 35.9 Å². The molecule has 1 aromatic carbocycles. The number of phenolic OH excluding ortho intramolecular Hbond substituents is 2. The third-order valence-corrected chi connectivity index (χ3v) is 14.4. The summed E-state index contributed by atoms with van der Waals surface area (Å²) in [6, 6.07) is 4.54. The zero-order chi connectivity index (χ0) is 31.2. The van der Waals surface area contributed by atoms with E-state index in [0.29, 0.717) is 33.6 Å². The number of fused-ring (bicyclic) bond motifs is 7. The van der Waals surface area contributed by atoms with Gasteiger partial charge < -0.3 is 14.9 Å². The summed E-state index contributed by atoms with van der Waals surface area (Å²) in [5.74, 6) is 1.24. The average Bonchev–Trinajstić information content (AvgIpc) is 2.91. The fourth-order valence-corrected chi connectivity index (χ4v) is 12.0. The van der Waals surface area contributed by atoms with Crippen molar-refractivity contribution in [3.8, 4) is 11.5 Å². The predicted molar refractivity (Wildman–Crippen MR) is 173 cm³/mol. The fraction of sp³-hybridized carbons (Fsp3) is 0.718. The van der Waals surface area contributed by atoms with Crippen molar-refractivity contribution in [2.24, 2.45) is 50.2 Å². The third kappa shape index (κ3) is 4.71. The summed E-state index contributed by atoms with van der Waals surface area (Å²) in [7, 11) is 0. The average molecular weight is 589 g/mol. The second-order valence-corrected chi connectivity index (χ2v) is 17.8. The Labute approximate surface area is 260 Å². The number of hydrogen-bond donors (Lipinski definition) is 2. The second-order valence-electron chi connectivity index (χ2n) is 17.8. The van der Waals surface area contributed by atoms with E-state index in [9.17, 15) is 15.0 Å². The first-order chi connectivity index (χ1) is 19.9. The largest absolute Gasteiger partial charge is 0.504 e. The minimum absolute atomic E-state index is 0.109. The Morgan fingerprint density at radius 3 is 2.19 bits per heavy atom. The number of esters is 1. The molecule has 2 N–H and O–H groups in total. The van der Waals surface area contributed by atoms with Crippen LogP contribution in [0.1, 0.15) is 125 Å². The van der Waals surface area contributed by atoms with E-state index in [0.717, 1.165) is 18.8 Å². The van der Waals surface area contributed by atoms with E-state index < -0.39 is 0 Å². The van der Waals surface area contributed by atoms with Gasteiger partial charge in [0.15, 0.2) is 11.5 Å². The van der Waals surface area contributed by atoms with Gasteiger partial charge in [0.25, 0.3) is 0 Å². The summed E-state index contributed by atoms with van der Waals surface area (Å²) in [4.78, 5) is 13.0. The van der Waals surface area contributed by atoms with Crippen LogP contribution in [0, 0.1) is 50.2 Å². The van der Waals surface area contributed by atoms with Gasteiger partial charge in [-0.1, -0.05) is 73.1 Å². The number of allylic oxidation sites excluding steroid dienone is 2. The molecule has 236 valence electrons.